The van der Waals surface area contributed by atoms with Crippen molar-refractivity contribution in [3.05, 3.63) is 23.0 Å². The number of nitrogens with zero attached hydrogens (tertiary/aromatic N) is 1. The summed E-state index contributed by atoms with van der Waals surface area (Å²) in [6.45, 7) is 6.47. The molecule has 0 aliphatic rings. The van der Waals surface area contributed by atoms with Gasteiger partial charge >= 0.3 is 0 Å². The predicted molar refractivity (Wildman–Crippen MR) is 73.0 cm³/mol. The molecule has 18 heavy (non-hydrogen) atoms. The van der Waals surface area contributed by atoms with Crippen molar-refractivity contribution in [2.75, 3.05) is 6.61 Å². The molecule has 0 radical (unpaired) electrons. The van der Waals surface area contributed by atoms with E-state index in [0.717, 1.165) is 0 Å². The maximum Gasteiger partial charge on any atom is 0.268 e. The van der Waals surface area contributed by atoms with Crippen molar-refractivity contribution >= 4 is 17.5 Å². The highest BCUT2D eigenvalue weighted by atomic mass is 35.5. The third-order valence-corrected chi connectivity index (χ3v) is 3.68. The fraction of sp³-hybridized carbons (Fsp3) is 0.615. The molecule has 0 aliphatic heterocycles. The highest BCUT2D eigenvalue weighted by Gasteiger charge is 2.28. The van der Waals surface area contributed by atoms with Crippen LogP contribution >= 0.6 is 11.6 Å². The molecule has 2 N–H and O–H groups in total. The van der Waals surface area contributed by atoms with E-state index >= 15 is 0 Å². The second-order valence-electron chi connectivity index (χ2n) is 4.43. The summed E-state index contributed by atoms with van der Waals surface area (Å²) in [5.74, 6) is -0.193. The van der Waals surface area contributed by atoms with Gasteiger partial charge in [0, 0.05) is 12.7 Å². The maximum atomic E-state index is 12.2. The number of hydrogen-bond donors (Lipinski definition) is 2. The molecule has 0 fully saturated rings. The van der Waals surface area contributed by atoms with Gasteiger partial charge in [0.25, 0.3) is 5.91 Å². The predicted octanol–water partition coefficient (Wildman–Crippen LogP) is 2.44. The summed E-state index contributed by atoms with van der Waals surface area (Å²) in [4.78, 5) is 12.2. The topological polar surface area (TPSA) is 54.3 Å². The summed E-state index contributed by atoms with van der Waals surface area (Å²) in [7, 11) is 0. The van der Waals surface area contributed by atoms with E-state index < -0.39 is 5.54 Å². The van der Waals surface area contributed by atoms with Gasteiger partial charge in [-0.1, -0.05) is 25.4 Å². The lowest BCUT2D eigenvalue weighted by Gasteiger charge is -2.30. The third kappa shape index (κ3) is 3.06. The van der Waals surface area contributed by atoms with Crippen LogP contribution in [0.1, 0.15) is 44.1 Å². The number of nitrogens with one attached hydrogen (secondary N) is 1. The van der Waals surface area contributed by atoms with Gasteiger partial charge in [0.15, 0.2) is 0 Å². The molecule has 0 aliphatic carbocycles. The van der Waals surface area contributed by atoms with Crippen LogP contribution in [0.3, 0.4) is 0 Å². The summed E-state index contributed by atoms with van der Waals surface area (Å²) in [6, 6.07) is 1.65. The molecule has 102 valence electrons. The Kier molecular flexibility index (Phi) is 5.23. The van der Waals surface area contributed by atoms with Gasteiger partial charge in [0.1, 0.15) is 5.69 Å². The zero-order valence-corrected chi connectivity index (χ0v) is 11.9. The van der Waals surface area contributed by atoms with Crippen LogP contribution in [0.25, 0.3) is 0 Å². The average molecular weight is 273 g/mol. The highest BCUT2D eigenvalue weighted by molar-refractivity contribution is 6.31. The van der Waals surface area contributed by atoms with Gasteiger partial charge in [-0.15, -0.1) is 0 Å². The molecule has 1 amide bonds. The molecular formula is C13H21ClN2O2. The summed E-state index contributed by atoms with van der Waals surface area (Å²) in [6.07, 6.45) is 3.10. The van der Waals surface area contributed by atoms with Gasteiger partial charge in [-0.2, -0.15) is 0 Å². The Morgan fingerprint density at radius 3 is 2.50 bits per heavy atom. The molecule has 1 aromatic heterocycles. The lowest BCUT2D eigenvalue weighted by Crippen LogP contribution is -2.50. The molecule has 1 heterocycles. The first kappa shape index (κ1) is 15.1. The average Bonchev–Trinajstić information content (AvgIpc) is 2.77. The Labute approximate surface area is 113 Å². The van der Waals surface area contributed by atoms with E-state index in [9.17, 15) is 9.90 Å². The molecular weight excluding hydrogens is 252 g/mol. The molecule has 0 atom stereocenters. The Morgan fingerprint density at radius 1 is 1.44 bits per heavy atom. The number of hydrogen-bond acceptors (Lipinski definition) is 2. The number of aromatic nitrogens is 1. The van der Waals surface area contributed by atoms with E-state index in [2.05, 4.69) is 5.32 Å². The summed E-state index contributed by atoms with van der Waals surface area (Å²) in [5.41, 5.74) is -0.0194. The van der Waals surface area contributed by atoms with E-state index in [1.54, 1.807) is 16.8 Å². The molecule has 1 rings (SSSR count). The second kappa shape index (κ2) is 6.25. The van der Waals surface area contributed by atoms with Gasteiger partial charge in [0.05, 0.1) is 17.2 Å². The number of carbonyl (C=O) groups excluding carboxylic acids is 1. The summed E-state index contributed by atoms with van der Waals surface area (Å²) >= 11 is 5.91. The van der Waals surface area contributed by atoms with Crippen molar-refractivity contribution < 1.29 is 9.90 Å². The Balaban J connectivity index is 2.93. The molecule has 0 spiro atoms. The smallest absolute Gasteiger partial charge is 0.268 e. The maximum absolute atomic E-state index is 12.2. The SMILES string of the molecule is CCn1cc(Cl)cc1C(=O)NC(CC)(CC)CO. The van der Waals surface area contributed by atoms with Crippen LogP contribution in [0.5, 0.6) is 0 Å². The van der Waals surface area contributed by atoms with E-state index in [4.69, 9.17) is 11.6 Å². The zero-order valence-electron chi connectivity index (χ0n) is 11.2. The molecule has 0 saturated carbocycles. The Hall–Kier alpha value is -1.00. The number of aryl methyl sites for hydroxylation is 1. The fourth-order valence-electron chi connectivity index (χ4n) is 1.92. The number of rotatable bonds is 6. The van der Waals surface area contributed by atoms with E-state index in [0.29, 0.717) is 30.1 Å². The number of aliphatic hydroxyl groups excluding tert-OH is 1. The van der Waals surface area contributed by atoms with E-state index in [1.807, 2.05) is 20.8 Å². The number of amides is 1. The Bertz CT molecular complexity index is 403. The monoisotopic (exact) mass is 272 g/mol. The lowest BCUT2D eigenvalue weighted by atomic mass is 9.93. The molecule has 0 aromatic carbocycles. The van der Waals surface area contributed by atoms with Crippen LogP contribution in [0, 0.1) is 0 Å². The van der Waals surface area contributed by atoms with Crippen LogP contribution in [0.2, 0.25) is 5.02 Å². The van der Waals surface area contributed by atoms with E-state index in [1.165, 1.54) is 0 Å². The van der Waals surface area contributed by atoms with Crippen molar-refractivity contribution in [3.63, 3.8) is 0 Å². The molecule has 0 unspecified atom stereocenters. The first-order chi connectivity index (χ1) is 8.51. The normalized spacial score (nSPS) is 11.6. The quantitative estimate of drug-likeness (QED) is 0.836. The fourth-order valence-corrected chi connectivity index (χ4v) is 2.14. The van der Waals surface area contributed by atoms with Crippen LogP contribution in [0.15, 0.2) is 12.3 Å². The van der Waals surface area contributed by atoms with Crippen LogP contribution in [-0.2, 0) is 6.54 Å². The zero-order chi connectivity index (χ0) is 13.8. The van der Waals surface area contributed by atoms with Gasteiger partial charge in [-0.3, -0.25) is 4.79 Å². The first-order valence-electron chi connectivity index (χ1n) is 6.31. The van der Waals surface area contributed by atoms with Crippen molar-refractivity contribution in [1.82, 2.24) is 9.88 Å². The minimum absolute atomic E-state index is 0.0632. The van der Waals surface area contributed by atoms with Crippen molar-refractivity contribution in [1.29, 1.82) is 0 Å². The largest absolute Gasteiger partial charge is 0.394 e. The summed E-state index contributed by atoms with van der Waals surface area (Å²) in [5, 5.41) is 12.9. The Morgan fingerprint density at radius 2 is 2.06 bits per heavy atom. The van der Waals surface area contributed by atoms with Crippen LogP contribution < -0.4 is 5.32 Å². The number of halogens is 1. The number of aliphatic hydroxyl groups is 1. The van der Waals surface area contributed by atoms with Crippen molar-refractivity contribution in [2.45, 2.75) is 45.7 Å². The minimum Gasteiger partial charge on any atom is -0.394 e. The minimum atomic E-state index is -0.549. The first-order valence-corrected chi connectivity index (χ1v) is 6.68. The number of carbonyl (C=O) groups is 1. The lowest BCUT2D eigenvalue weighted by molar-refractivity contribution is 0.0808. The molecule has 0 bridgehead atoms. The second-order valence-corrected chi connectivity index (χ2v) is 4.87. The van der Waals surface area contributed by atoms with Gasteiger partial charge < -0.3 is 15.0 Å². The van der Waals surface area contributed by atoms with Gasteiger partial charge in [-0.05, 0) is 25.8 Å². The summed E-state index contributed by atoms with van der Waals surface area (Å²) < 4.78 is 1.80. The standard InChI is InChI=1S/C13H21ClN2O2/c1-4-13(5-2,9-17)15-12(18)11-7-10(14)8-16(11)6-3/h7-8,17H,4-6,9H2,1-3H3,(H,15,18). The van der Waals surface area contributed by atoms with Gasteiger partial charge in [-0.25, -0.2) is 0 Å². The molecule has 1 aromatic rings. The van der Waals surface area contributed by atoms with Crippen molar-refractivity contribution in [2.24, 2.45) is 0 Å². The molecule has 0 saturated heterocycles. The highest BCUT2D eigenvalue weighted by Crippen LogP contribution is 2.18. The van der Waals surface area contributed by atoms with Gasteiger partial charge in [0.2, 0.25) is 0 Å². The van der Waals surface area contributed by atoms with E-state index in [-0.39, 0.29) is 12.5 Å². The molecule has 5 heteroatoms. The van der Waals surface area contributed by atoms with Crippen LogP contribution in [0.4, 0.5) is 0 Å². The van der Waals surface area contributed by atoms with Crippen molar-refractivity contribution in [3.8, 4) is 0 Å². The molecule has 4 nitrogen and oxygen atoms in total. The third-order valence-electron chi connectivity index (χ3n) is 3.47. The van der Waals surface area contributed by atoms with Crippen LogP contribution in [-0.4, -0.2) is 27.7 Å².